The summed E-state index contributed by atoms with van der Waals surface area (Å²) >= 11 is 0. The molecule has 0 bridgehead atoms. The minimum atomic E-state index is 0. The Bertz CT molecular complexity index is 919. The van der Waals surface area contributed by atoms with Crippen molar-refractivity contribution < 1.29 is 63.2 Å². The second-order valence-electron chi connectivity index (χ2n) is 13.6. The van der Waals surface area contributed by atoms with E-state index in [9.17, 15) is 9.59 Å². The predicted molar refractivity (Wildman–Crippen MR) is 194 cm³/mol. The van der Waals surface area contributed by atoms with Gasteiger partial charge in [0.25, 0.3) is 0 Å². The maximum atomic E-state index is 12.9. The summed E-state index contributed by atoms with van der Waals surface area (Å²) in [4.78, 5) is 24.6. The third kappa shape index (κ3) is 19.6. The van der Waals surface area contributed by atoms with Crippen molar-refractivity contribution in [2.45, 2.75) is 104 Å². The first-order valence-corrected chi connectivity index (χ1v) is 17.8. The van der Waals surface area contributed by atoms with E-state index in [2.05, 4.69) is 81.5 Å². The van der Waals surface area contributed by atoms with Gasteiger partial charge < -0.3 is 62.4 Å². The molecule has 2 fully saturated rings. The summed E-state index contributed by atoms with van der Waals surface area (Å²) in [6.45, 7) is 19.3. The molecule has 2 N–H and O–H groups in total. The maximum absolute atomic E-state index is 12.9. The molecule has 7 heteroatoms. The number of nitrogens with one attached hydrogen (secondary N) is 2. The third-order valence-electron chi connectivity index (χ3n) is 10.4. The average Bonchev–Trinajstić information content (AvgIpc) is 3.01. The van der Waals surface area contributed by atoms with Crippen LogP contribution in [-0.2, 0) is 69.6 Å². The number of Topliss-reactive ketones (excluding diaryl/α,β-unsaturated/α-hetero) is 1. The Labute approximate surface area is 332 Å². The van der Waals surface area contributed by atoms with E-state index < -0.39 is 0 Å². The van der Waals surface area contributed by atoms with E-state index in [1.165, 1.54) is 31.2 Å². The van der Waals surface area contributed by atoms with E-state index in [4.69, 9.17) is 0 Å². The molecule has 4 nitrogen and oxygen atoms in total. The number of ketones is 1. The molecule has 48 heavy (non-hydrogen) atoms. The van der Waals surface area contributed by atoms with Gasteiger partial charge in [0.15, 0.2) is 0 Å². The van der Waals surface area contributed by atoms with E-state index in [-0.39, 0.29) is 72.7 Å². The van der Waals surface area contributed by atoms with Gasteiger partial charge in [-0.05, 0) is 58.0 Å². The number of amides is 1. The van der Waals surface area contributed by atoms with Gasteiger partial charge in [-0.15, -0.1) is 12.3 Å². The van der Waals surface area contributed by atoms with E-state index >= 15 is 0 Å². The van der Waals surface area contributed by atoms with Crippen LogP contribution >= 0.6 is 0 Å². The molecule has 2 saturated carbocycles. The van der Waals surface area contributed by atoms with Gasteiger partial charge in [0.1, 0.15) is 5.78 Å². The van der Waals surface area contributed by atoms with Crippen molar-refractivity contribution in [1.82, 2.24) is 10.6 Å². The summed E-state index contributed by atoms with van der Waals surface area (Å²) in [5.74, 6) is 5.38. The van der Waals surface area contributed by atoms with Gasteiger partial charge >= 0.3 is 53.6 Å². The smallest absolute Gasteiger partial charge is 0.369 e. The van der Waals surface area contributed by atoms with Crippen molar-refractivity contribution in [1.29, 1.82) is 0 Å². The van der Waals surface area contributed by atoms with Crippen molar-refractivity contribution in [3.05, 3.63) is 76.9 Å². The fraction of sp³-hybridized carbons (Fsp3) is 0.659. The molecule has 2 aliphatic carbocycles. The number of benzene rings is 1. The molecule has 1 aromatic carbocycles. The van der Waals surface area contributed by atoms with Crippen LogP contribution in [0.3, 0.4) is 0 Å². The van der Waals surface area contributed by atoms with Gasteiger partial charge in [-0.1, -0.05) is 80.8 Å². The first-order valence-electron chi connectivity index (χ1n) is 17.8. The van der Waals surface area contributed by atoms with E-state index in [1.54, 1.807) is 13.8 Å². The summed E-state index contributed by atoms with van der Waals surface area (Å²) in [5.41, 5.74) is 1.39. The molecular formula is C41H68Mn2N2O2Zn. The standard InChI is InChI=1S/C38H60N2O2.C2H5.CH3.2Mn.Zn/c1-6-10-34-25-28(2)36(34)18-16-32(21-23-39-5)22-24-40-38(42)20-17-31(14-13-30(4)41)15-19-37-29(3)26-35(37)27-33-11-8-7-9-12-33;1-2;;;;/h7-9,11-12,25-26,28-29,31-32,34-37,39H,1,3,6,10,13-24,27H2,2,4-5H3,(H,40,42);1H2,2H3;1H3;;;/q-4;2*-1;3*+2. The molecule has 8 unspecified atom stereocenters. The number of rotatable bonds is 22. The van der Waals surface area contributed by atoms with Crippen LogP contribution in [0.1, 0.15) is 103 Å². The minimum absolute atomic E-state index is 0. The third-order valence-corrected chi connectivity index (χ3v) is 10.4. The summed E-state index contributed by atoms with van der Waals surface area (Å²) in [6.07, 6.45) is 18.2. The van der Waals surface area contributed by atoms with Crippen LogP contribution in [0, 0.1) is 88.4 Å². The molecule has 270 valence electrons. The van der Waals surface area contributed by atoms with Crippen molar-refractivity contribution >= 4 is 11.7 Å². The molecule has 0 saturated heterocycles. The summed E-state index contributed by atoms with van der Waals surface area (Å²) < 4.78 is 0. The Morgan fingerprint density at radius 3 is 1.98 bits per heavy atom. The topological polar surface area (TPSA) is 58.2 Å². The second kappa shape index (κ2) is 30.6. The SMILES string of the molecule is [CH2-]C.[CH2-]CCC1[CH-]C(C)C1CCC(CCNC)CCNC(=O)CCC(CCC(C)=O)CCC1C([CH2-])[CH-]C1Cc1ccccc1.[CH3-].[Mn+2].[Mn+2].[Zn+2]. The maximum Gasteiger partial charge on any atom is 2.00 e. The Morgan fingerprint density at radius 2 is 1.42 bits per heavy atom. The van der Waals surface area contributed by atoms with Crippen molar-refractivity contribution in [3.8, 4) is 0 Å². The number of hydrogen-bond acceptors (Lipinski definition) is 3. The normalized spacial score (nSPS) is 23.4. The van der Waals surface area contributed by atoms with Crippen molar-refractivity contribution in [2.75, 3.05) is 20.1 Å². The number of carbonyl (C=O) groups excluding carboxylic acids is 2. The van der Waals surface area contributed by atoms with Gasteiger partial charge in [-0.3, -0.25) is 4.79 Å². The molecule has 0 aliphatic heterocycles. The fourth-order valence-electron chi connectivity index (χ4n) is 7.57. The number of carbonyl (C=O) groups is 2. The van der Waals surface area contributed by atoms with Gasteiger partial charge in [0, 0.05) is 19.4 Å². The largest absolute Gasteiger partial charge is 2.00 e. The van der Waals surface area contributed by atoms with Crippen LogP contribution in [0.5, 0.6) is 0 Å². The Kier molecular flexibility index (Phi) is 33.4. The Hall–Kier alpha value is -0.0177. The Balaban J connectivity index is -0.00000331. The van der Waals surface area contributed by atoms with Gasteiger partial charge in [0.2, 0.25) is 5.91 Å². The molecule has 0 aromatic heterocycles. The van der Waals surface area contributed by atoms with Crippen LogP contribution in [0.2, 0.25) is 0 Å². The molecule has 0 spiro atoms. The molecule has 8 atom stereocenters. The van der Waals surface area contributed by atoms with Crippen molar-refractivity contribution in [2.24, 2.45) is 47.3 Å². The zero-order chi connectivity index (χ0) is 32.3. The fourth-order valence-corrected chi connectivity index (χ4v) is 7.57. The van der Waals surface area contributed by atoms with Gasteiger partial charge in [-0.2, -0.15) is 31.1 Å². The average molecular weight is 796 g/mol. The molecule has 1 aromatic rings. The van der Waals surface area contributed by atoms with Crippen LogP contribution < -0.4 is 10.6 Å². The van der Waals surface area contributed by atoms with Crippen molar-refractivity contribution in [3.63, 3.8) is 0 Å². The summed E-state index contributed by atoms with van der Waals surface area (Å²) in [7, 11) is 2.03. The van der Waals surface area contributed by atoms with Crippen LogP contribution in [-0.4, -0.2) is 31.8 Å². The van der Waals surface area contributed by atoms with Crippen LogP contribution in [0.25, 0.3) is 0 Å². The first-order chi connectivity index (χ1) is 21.3. The molecular weight excluding hydrogens is 728 g/mol. The Morgan fingerprint density at radius 1 is 0.833 bits per heavy atom. The first kappa shape index (κ1) is 52.3. The molecule has 3 rings (SSSR count). The zero-order valence-electron chi connectivity index (χ0n) is 31.2. The van der Waals surface area contributed by atoms with Crippen LogP contribution in [0.15, 0.2) is 30.3 Å². The van der Waals surface area contributed by atoms with E-state index in [0.717, 1.165) is 75.8 Å². The van der Waals surface area contributed by atoms with E-state index in [1.807, 2.05) is 7.05 Å². The second-order valence-corrected chi connectivity index (χ2v) is 13.6. The zero-order valence-corrected chi connectivity index (χ0v) is 36.5. The summed E-state index contributed by atoms with van der Waals surface area (Å²) in [6, 6.07) is 10.7. The molecule has 1 amide bonds. The molecule has 2 radical (unpaired) electrons. The molecule has 0 heterocycles. The molecule has 2 aliphatic rings. The van der Waals surface area contributed by atoms with Gasteiger partial charge in [0.05, 0.1) is 0 Å². The minimum Gasteiger partial charge on any atom is -0.369 e. The summed E-state index contributed by atoms with van der Waals surface area (Å²) in [5, 5.41) is 6.55. The monoisotopic (exact) mass is 794 g/mol. The van der Waals surface area contributed by atoms with Crippen LogP contribution in [0.4, 0.5) is 0 Å². The number of hydrogen-bond donors (Lipinski definition) is 2. The quantitative estimate of drug-likeness (QED) is 0.0910. The predicted octanol–water partition coefficient (Wildman–Crippen LogP) is 9.17. The van der Waals surface area contributed by atoms with E-state index in [0.29, 0.717) is 42.4 Å². The van der Waals surface area contributed by atoms with Gasteiger partial charge in [-0.25, -0.2) is 0 Å².